The van der Waals surface area contributed by atoms with Crippen molar-refractivity contribution in [1.29, 1.82) is 0 Å². The number of nitrogens with one attached hydrogen (secondary N) is 2. The quantitative estimate of drug-likeness (QED) is 0.517. The third-order valence-corrected chi connectivity index (χ3v) is 6.97. The molecule has 0 bridgehead atoms. The molecule has 0 spiro atoms. The normalized spacial score (nSPS) is 20.4. The Kier molecular flexibility index (Phi) is 5.40. The number of nitrogens with zero attached hydrogens (tertiary/aromatic N) is 3. The summed E-state index contributed by atoms with van der Waals surface area (Å²) in [4.78, 5) is 37.6. The maximum absolute atomic E-state index is 15.9. The number of amides is 2. The topological polar surface area (TPSA) is 100 Å². The van der Waals surface area contributed by atoms with E-state index in [2.05, 4.69) is 20.3 Å². The molecule has 3 aromatic heterocycles. The molecule has 1 aliphatic carbocycles. The summed E-state index contributed by atoms with van der Waals surface area (Å²) in [5, 5.41) is 2.79. The predicted molar refractivity (Wildman–Crippen MR) is 122 cm³/mol. The van der Waals surface area contributed by atoms with E-state index in [0.29, 0.717) is 42.6 Å². The van der Waals surface area contributed by atoms with E-state index in [0.717, 1.165) is 22.4 Å². The van der Waals surface area contributed by atoms with Crippen molar-refractivity contribution >= 4 is 23.4 Å². The number of H-pyrrole nitrogens is 1. The van der Waals surface area contributed by atoms with Crippen LogP contribution in [0, 0.1) is 5.82 Å². The van der Waals surface area contributed by atoms with E-state index in [-0.39, 0.29) is 27.9 Å². The summed E-state index contributed by atoms with van der Waals surface area (Å²) in [6.45, 7) is -0.336. The van der Waals surface area contributed by atoms with Gasteiger partial charge in [-0.05, 0) is 24.0 Å². The number of pyridine rings is 2. The lowest BCUT2D eigenvalue weighted by molar-refractivity contribution is 0.0775. The summed E-state index contributed by atoms with van der Waals surface area (Å²) < 4.78 is 48.9. The van der Waals surface area contributed by atoms with Crippen molar-refractivity contribution in [2.45, 2.75) is 31.6 Å². The molecule has 8 nitrogen and oxygen atoms in total. The van der Waals surface area contributed by atoms with Gasteiger partial charge in [-0.2, -0.15) is 0 Å². The minimum absolute atomic E-state index is 0.0292. The minimum Gasteiger partial charge on any atom is -0.435 e. The van der Waals surface area contributed by atoms with E-state index < -0.39 is 43.0 Å². The first-order valence-electron chi connectivity index (χ1n) is 11.4. The van der Waals surface area contributed by atoms with Gasteiger partial charge in [-0.1, -0.05) is 11.6 Å². The summed E-state index contributed by atoms with van der Waals surface area (Å²) in [7, 11) is 0. The van der Waals surface area contributed by atoms with Crippen LogP contribution in [-0.4, -0.2) is 63.6 Å². The highest BCUT2D eigenvalue weighted by Gasteiger charge is 2.37. The highest BCUT2D eigenvalue weighted by molar-refractivity contribution is 6.29. The molecule has 3 aromatic rings. The number of hydrogen-bond acceptors (Lipinski definition) is 5. The van der Waals surface area contributed by atoms with Gasteiger partial charge in [-0.3, -0.25) is 9.59 Å². The first-order valence-corrected chi connectivity index (χ1v) is 11.8. The van der Waals surface area contributed by atoms with Crippen LogP contribution in [0.5, 0.6) is 11.6 Å². The molecular weight excluding hydrogens is 499 g/mol. The van der Waals surface area contributed by atoms with Crippen LogP contribution in [-0.2, 0) is 19.3 Å². The van der Waals surface area contributed by atoms with E-state index in [1.807, 2.05) is 0 Å². The van der Waals surface area contributed by atoms with Crippen molar-refractivity contribution in [3.63, 3.8) is 0 Å². The fraction of sp³-hybridized carbons (Fsp3) is 0.333. The molecule has 2 N–H and O–H groups in total. The number of aromatic amines is 1. The van der Waals surface area contributed by atoms with Crippen LogP contribution < -0.4 is 10.1 Å². The molecular formula is C24H19ClF3N5O3. The third kappa shape index (κ3) is 3.60. The van der Waals surface area contributed by atoms with Crippen molar-refractivity contribution < 1.29 is 27.5 Å². The van der Waals surface area contributed by atoms with Crippen LogP contribution in [0.3, 0.4) is 0 Å². The summed E-state index contributed by atoms with van der Waals surface area (Å²) >= 11 is 5.99. The molecule has 2 amide bonds. The summed E-state index contributed by atoms with van der Waals surface area (Å²) in [6.07, 6.45) is 0.674. The second-order valence-electron chi connectivity index (χ2n) is 8.96. The van der Waals surface area contributed by atoms with Gasteiger partial charge in [0.1, 0.15) is 16.5 Å². The molecule has 0 radical (unpaired) electrons. The van der Waals surface area contributed by atoms with E-state index in [4.69, 9.17) is 16.3 Å². The van der Waals surface area contributed by atoms with E-state index in [1.165, 1.54) is 12.3 Å². The number of carbonyl (C=O) groups excluding carboxylic acids is 2. The Morgan fingerprint density at radius 2 is 1.89 bits per heavy atom. The fourth-order valence-corrected chi connectivity index (χ4v) is 5.18. The molecule has 1 saturated heterocycles. The average molecular weight is 518 g/mol. The van der Waals surface area contributed by atoms with Crippen molar-refractivity contribution in [1.82, 2.24) is 25.2 Å². The molecule has 186 valence electrons. The van der Waals surface area contributed by atoms with Gasteiger partial charge >= 0.3 is 0 Å². The van der Waals surface area contributed by atoms with E-state index in [1.54, 1.807) is 0 Å². The molecule has 0 aromatic carbocycles. The lowest BCUT2D eigenvalue weighted by atomic mass is 9.88. The number of fused-ring (bicyclic) bond motifs is 5. The van der Waals surface area contributed by atoms with Gasteiger partial charge < -0.3 is 19.9 Å². The molecule has 12 heteroatoms. The zero-order valence-electron chi connectivity index (χ0n) is 18.7. The van der Waals surface area contributed by atoms with Crippen LogP contribution in [0.4, 0.5) is 13.2 Å². The molecule has 3 aliphatic rings. The highest BCUT2D eigenvalue weighted by atomic mass is 35.5. The maximum atomic E-state index is 15.9. The fourth-order valence-electron chi connectivity index (χ4n) is 5.03. The molecule has 36 heavy (non-hydrogen) atoms. The van der Waals surface area contributed by atoms with Crippen LogP contribution in [0.1, 0.15) is 37.5 Å². The summed E-state index contributed by atoms with van der Waals surface area (Å²) in [5.74, 6) is -2.24. The van der Waals surface area contributed by atoms with Gasteiger partial charge in [0.2, 0.25) is 0 Å². The zero-order valence-corrected chi connectivity index (χ0v) is 19.5. The van der Waals surface area contributed by atoms with Gasteiger partial charge in [-0.15, -0.1) is 0 Å². The monoisotopic (exact) mass is 517 g/mol. The number of hydrogen-bond donors (Lipinski definition) is 2. The minimum atomic E-state index is -1.79. The largest absolute Gasteiger partial charge is 0.435 e. The first-order chi connectivity index (χ1) is 17.3. The lowest BCUT2D eigenvalue weighted by Crippen LogP contribution is -2.32. The van der Waals surface area contributed by atoms with Gasteiger partial charge in [0.05, 0.1) is 24.3 Å². The molecule has 2 aliphatic heterocycles. The number of likely N-dealkylation sites (tertiary alicyclic amines) is 1. The van der Waals surface area contributed by atoms with Crippen LogP contribution in [0.15, 0.2) is 18.5 Å². The highest BCUT2D eigenvalue weighted by Crippen LogP contribution is 2.41. The Morgan fingerprint density at radius 3 is 2.67 bits per heavy atom. The number of ether oxygens (including phenoxy) is 1. The smallest absolute Gasteiger partial charge is 0.259 e. The first kappa shape index (κ1) is 22.8. The molecule has 2 atom stereocenters. The molecule has 0 saturated carbocycles. The van der Waals surface area contributed by atoms with Crippen molar-refractivity contribution in [3.8, 4) is 22.9 Å². The number of halogens is 4. The van der Waals surface area contributed by atoms with Crippen molar-refractivity contribution in [3.05, 3.63) is 57.4 Å². The summed E-state index contributed by atoms with van der Waals surface area (Å²) in [5.41, 5.74) is 3.32. The number of aryl methyl sites for hydroxylation is 1. The second-order valence-corrected chi connectivity index (χ2v) is 9.35. The Labute approximate surface area is 207 Å². The maximum Gasteiger partial charge on any atom is 0.259 e. The molecule has 2 unspecified atom stereocenters. The van der Waals surface area contributed by atoms with Gasteiger partial charge in [-0.25, -0.2) is 23.1 Å². The van der Waals surface area contributed by atoms with Gasteiger partial charge in [0.25, 0.3) is 17.7 Å². The Hall–Kier alpha value is -3.60. The Morgan fingerprint density at radius 1 is 1.11 bits per heavy atom. The van der Waals surface area contributed by atoms with Gasteiger partial charge in [0, 0.05) is 42.7 Å². The van der Waals surface area contributed by atoms with Crippen molar-refractivity contribution in [2.75, 3.05) is 19.6 Å². The van der Waals surface area contributed by atoms with Crippen LogP contribution in [0.25, 0.3) is 11.3 Å². The SMILES string of the molecule is O=C1NCCc2[nH]c3c(c21)CCc1cnc(Oc2cc(Cl)ncc2C(=O)N2CC(F)C(F)C2)c(F)c1-3. The third-order valence-electron chi connectivity index (χ3n) is 6.77. The van der Waals surface area contributed by atoms with Gasteiger partial charge in [0.15, 0.2) is 18.2 Å². The second kappa shape index (κ2) is 8.51. The van der Waals surface area contributed by atoms with E-state index >= 15 is 4.39 Å². The Bertz CT molecular complexity index is 1420. The predicted octanol–water partition coefficient (Wildman–Crippen LogP) is 3.57. The molecule has 5 heterocycles. The van der Waals surface area contributed by atoms with Crippen molar-refractivity contribution in [2.24, 2.45) is 0 Å². The number of alkyl halides is 2. The van der Waals surface area contributed by atoms with E-state index in [9.17, 15) is 18.4 Å². The molecule has 6 rings (SSSR count). The van der Waals surface area contributed by atoms with Crippen LogP contribution in [0.2, 0.25) is 5.15 Å². The Balaban J connectivity index is 1.38. The average Bonchev–Trinajstić information content (AvgIpc) is 3.40. The zero-order chi connectivity index (χ0) is 25.1. The molecule has 1 fully saturated rings. The standard InChI is InChI=1S/C24H19ClF3N5O3/c25-17-5-16(12(7-30-17)24(35)33-8-13(26)14(27)9-33)36-23-20(28)18-10(6-31-23)1-2-11-19-15(32-21(11)18)3-4-29-22(19)34/h5-7,13-14,32H,1-4,8-9H2,(H,29,34). The number of carbonyl (C=O) groups is 2. The summed E-state index contributed by atoms with van der Waals surface area (Å²) in [6, 6.07) is 1.22. The van der Waals surface area contributed by atoms with Crippen LogP contribution >= 0.6 is 11.6 Å². The number of rotatable bonds is 3. The lowest BCUT2D eigenvalue weighted by Gasteiger charge is -2.20. The number of aromatic nitrogens is 3.